The highest BCUT2D eigenvalue weighted by Crippen LogP contribution is 2.29. The SMILES string of the molecule is COc1nc(Nc2cc(-c3ccc(OC4CCOCC4)c(C#N)c3)ncn2)ccc1C(=O)NC1CCN(C)CC1. The van der Waals surface area contributed by atoms with E-state index in [4.69, 9.17) is 14.2 Å². The third kappa shape index (κ3) is 6.65. The van der Waals surface area contributed by atoms with Gasteiger partial charge in [-0.15, -0.1) is 0 Å². The maximum atomic E-state index is 12.9. The van der Waals surface area contributed by atoms with Gasteiger partial charge in [0.15, 0.2) is 0 Å². The second-order valence-electron chi connectivity index (χ2n) is 9.97. The molecule has 0 unspecified atom stereocenters. The van der Waals surface area contributed by atoms with E-state index in [0.717, 1.165) is 44.3 Å². The standard InChI is InChI=1S/C29H33N7O4/c1-36-11-7-21(8-12-36)33-28(37)23-4-6-26(35-29(23)38-2)34-27-16-24(31-18-32-27)19-3-5-25(20(15-19)17-30)40-22-9-13-39-14-10-22/h3-6,15-16,18,21-22H,7-14H2,1-2H3,(H,33,37)(H,31,32,34,35). The molecule has 4 heterocycles. The Morgan fingerprint density at radius 3 is 2.62 bits per heavy atom. The molecule has 0 spiro atoms. The van der Waals surface area contributed by atoms with Gasteiger partial charge in [0, 0.05) is 30.5 Å². The van der Waals surface area contributed by atoms with E-state index in [-0.39, 0.29) is 23.9 Å². The maximum Gasteiger partial charge on any atom is 0.256 e. The Morgan fingerprint density at radius 2 is 1.88 bits per heavy atom. The molecule has 2 aliphatic heterocycles. The Labute approximate surface area is 233 Å². The molecule has 0 radical (unpaired) electrons. The Bertz CT molecular complexity index is 1380. The molecule has 5 rings (SSSR count). The Kier molecular flexibility index (Phi) is 8.68. The van der Waals surface area contributed by atoms with Gasteiger partial charge in [-0.2, -0.15) is 10.2 Å². The van der Waals surface area contributed by atoms with Crippen LogP contribution in [0.25, 0.3) is 11.3 Å². The molecular weight excluding hydrogens is 510 g/mol. The van der Waals surface area contributed by atoms with Crippen molar-refractivity contribution in [3.8, 4) is 29.0 Å². The van der Waals surface area contributed by atoms with Gasteiger partial charge in [-0.25, -0.2) is 9.97 Å². The maximum absolute atomic E-state index is 12.9. The molecule has 2 N–H and O–H groups in total. The van der Waals surface area contributed by atoms with Crippen LogP contribution in [0.1, 0.15) is 41.6 Å². The summed E-state index contributed by atoms with van der Waals surface area (Å²) in [5, 5.41) is 16.0. The first-order valence-corrected chi connectivity index (χ1v) is 13.4. The molecule has 40 heavy (non-hydrogen) atoms. The van der Waals surface area contributed by atoms with Crippen LogP contribution in [-0.2, 0) is 4.74 Å². The number of carbonyl (C=O) groups is 1. The number of aromatic nitrogens is 3. The summed E-state index contributed by atoms with van der Waals surface area (Å²) in [6.45, 7) is 3.24. The number of nitrogens with zero attached hydrogens (tertiary/aromatic N) is 5. The summed E-state index contributed by atoms with van der Waals surface area (Å²) >= 11 is 0. The predicted molar refractivity (Wildman–Crippen MR) is 149 cm³/mol. The number of benzene rings is 1. The lowest BCUT2D eigenvalue weighted by atomic mass is 10.1. The summed E-state index contributed by atoms with van der Waals surface area (Å²) in [6, 6.07) is 13.0. The molecule has 2 aliphatic rings. The summed E-state index contributed by atoms with van der Waals surface area (Å²) in [4.78, 5) is 28.3. The van der Waals surface area contributed by atoms with Crippen LogP contribution in [0.4, 0.5) is 11.6 Å². The average Bonchev–Trinajstić information content (AvgIpc) is 2.99. The molecule has 3 aromatic rings. The number of pyridine rings is 1. The van der Waals surface area contributed by atoms with Gasteiger partial charge in [0.25, 0.3) is 5.91 Å². The van der Waals surface area contributed by atoms with Crippen LogP contribution < -0.4 is 20.1 Å². The van der Waals surface area contributed by atoms with E-state index in [2.05, 4.69) is 43.6 Å². The lowest BCUT2D eigenvalue weighted by Crippen LogP contribution is -2.43. The number of nitrogens with one attached hydrogen (secondary N) is 2. The molecule has 11 heteroatoms. The molecule has 11 nitrogen and oxygen atoms in total. The van der Waals surface area contributed by atoms with Gasteiger partial charge in [0.2, 0.25) is 5.88 Å². The van der Waals surface area contributed by atoms with Crippen LogP contribution >= 0.6 is 0 Å². The molecule has 208 valence electrons. The molecule has 0 bridgehead atoms. The summed E-state index contributed by atoms with van der Waals surface area (Å²) in [5.74, 6) is 1.55. The molecule has 1 aromatic carbocycles. The molecule has 2 fully saturated rings. The van der Waals surface area contributed by atoms with Crippen LogP contribution in [0.5, 0.6) is 11.6 Å². The van der Waals surface area contributed by atoms with Gasteiger partial charge in [0.1, 0.15) is 41.4 Å². The van der Waals surface area contributed by atoms with Crippen LogP contribution in [0.2, 0.25) is 0 Å². The van der Waals surface area contributed by atoms with Crippen molar-refractivity contribution in [3.05, 3.63) is 53.9 Å². The van der Waals surface area contributed by atoms with Crippen LogP contribution in [0, 0.1) is 11.3 Å². The second kappa shape index (κ2) is 12.7. The minimum atomic E-state index is -0.202. The van der Waals surface area contributed by atoms with Crippen molar-refractivity contribution in [2.75, 3.05) is 45.8 Å². The van der Waals surface area contributed by atoms with Crippen LogP contribution in [0.3, 0.4) is 0 Å². The fraction of sp³-hybridized carbons (Fsp3) is 0.414. The fourth-order valence-corrected chi connectivity index (χ4v) is 4.82. The van der Waals surface area contributed by atoms with Crippen molar-refractivity contribution < 1.29 is 19.0 Å². The summed E-state index contributed by atoms with van der Waals surface area (Å²) in [7, 11) is 3.57. The highest BCUT2D eigenvalue weighted by Gasteiger charge is 2.22. The van der Waals surface area contributed by atoms with Gasteiger partial charge in [0.05, 0.1) is 31.6 Å². The summed E-state index contributed by atoms with van der Waals surface area (Å²) < 4.78 is 16.9. The minimum absolute atomic E-state index is 0.0396. The molecule has 0 aliphatic carbocycles. The Hall–Kier alpha value is -4.27. The second-order valence-corrected chi connectivity index (χ2v) is 9.97. The van der Waals surface area contributed by atoms with E-state index >= 15 is 0 Å². The number of piperidine rings is 1. The van der Waals surface area contributed by atoms with Gasteiger partial charge >= 0.3 is 0 Å². The number of ether oxygens (including phenoxy) is 3. The number of nitriles is 1. The molecule has 0 atom stereocenters. The highest BCUT2D eigenvalue weighted by atomic mass is 16.5. The van der Waals surface area contributed by atoms with E-state index in [1.54, 1.807) is 30.3 Å². The number of methoxy groups -OCH3 is 1. The summed E-state index contributed by atoms with van der Waals surface area (Å²) in [5.41, 5.74) is 2.21. The zero-order chi connectivity index (χ0) is 27.9. The van der Waals surface area contributed by atoms with Crippen molar-refractivity contribution in [2.24, 2.45) is 0 Å². The van der Waals surface area contributed by atoms with Crippen molar-refractivity contribution in [1.29, 1.82) is 5.26 Å². The molecular formula is C29H33N7O4. The zero-order valence-electron chi connectivity index (χ0n) is 22.7. The molecule has 2 saturated heterocycles. The lowest BCUT2D eigenvalue weighted by molar-refractivity contribution is 0.0254. The minimum Gasteiger partial charge on any atom is -0.489 e. The number of hydrogen-bond acceptors (Lipinski definition) is 10. The average molecular weight is 544 g/mol. The number of rotatable bonds is 8. The zero-order valence-corrected chi connectivity index (χ0v) is 22.7. The van der Waals surface area contributed by atoms with E-state index < -0.39 is 0 Å². The largest absolute Gasteiger partial charge is 0.489 e. The Morgan fingerprint density at radius 1 is 1.07 bits per heavy atom. The Balaban J connectivity index is 1.28. The van der Waals surface area contributed by atoms with Gasteiger partial charge in [-0.3, -0.25) is 4.79 Å². The highest BCUT2D eigenvalue weighted by molar-refractivity contribution is 5.96. The first kappa shape index (κ1) is 27.3. The molecule has 0 saturated carbocycles. The van der Waals surface area contributed by atoms with Gasteiger partial charge in [-0.05, 0) is 63.3 Å². The number of anilines is 2. The topological polar surface area (TPSA) is 135 Å². The number of carbonyl (C=O) groups excluding carboxylic acids is 1. The van der Waals surface area contributed by atoms with Crippen LogP contribution in [-0.4, -0.2) is 78.4 Å². The first-order valence-electron chi connectivity index (χ1n) is 13.4. The monoisotopic (exact) mass is 543 g/mol. The van der Waals surface area contributed by atoms with E-state index in [1.165, 1.54) is 13.4 Å². The third-order valence-corrected chi connectivity index (χ3v) is 7.13. The predicted octanol–water partition coefficient (Wildman–Crippen LogP) is 3.54. The van der Waals surface area contributed by atoms with Gasteiger partial charge < -0.3 is 29.7 Å². The van der Waals surface area contributed by atoms with Crippen molar-refractivity contribution in [2.45, 2.75) is 37.8 Å². The van der Waals surface area contributed by atoms with E-state index in [0.29, 0.717) is 47.4 Å². The smallest absolute Gasteiger partial charge is 0.256 e. The summed E-state index contributed by atoms with van der Waals surface area (Å²) in [6.07, 6.45) is 4.91. The third-order valence-electron chi connectivity index (χ3n) is 7.13. The van der Waals surface area contributed by atoms with Crippen molar-refractivity contribution >= 4 is 17.5 Å². The normalized spacial score (nSPS) is 16.6. The number of likely N-dealkylation sites (tertiary alicyclic amines) is 1. The fourth-order valence-electron chi connectivity index (χ4n) is 4.82. The van der Waals surface area contributed by atoms with E-state index in [1.807, 2.05) is 6.07 Å². The van der Waals surface area contributed by atoms with Gasteiger partial charge in [-0.1, -0.05) is 0 Å². The van der Waals surface area contributed by atoms with Crippen molar-refractivity contribution in [1.82, 2.24) is 25.2 Å². The first-order chi connectivity index (χ1) is 19.5. The quantitative estimate of drug-likeness (QED) is 0.434. The number of amides is 1. The molecule has 1 amide bonds. The van der Waals surface area contributed by atoms with Crippen molar-refractivity contribution in [3.63, 3.8) is 0 Å². The number of hydrogen-bond donors (Lipinski definition) is 2. The lowest BCUT2D eigenvalue weighted by Gasteiger charge is -2.29. The van der Waals surface area contributed by atoms with E-state index in [9.17, 15) is 10.1 Å². The van der Waals surface area contributed by atoms with Crippen LogP contribution in [0.15, 0.2) is 42.7 Å². The molecule has 2 aromatic heterocycles.